The van der Waals surface area contributed by atoms with Crippen LogP contribution in [0.1, 0.15) is 11.1 Å². The summed E-state index contributed by atoms with van der Waals surface area (Å²) in [5.74, 6) is 0. The van der Waals surface area contributed by atoms with Gasteiger partial charge in [0.05, 0.1) is 11.4 Å². The van der Waals surface area contributed by atoms with Gasteiger partial charge in [0.1, 0.15) is 16.9 Å². The Morgan fingerprint density at radius 1 is 0.531 bits per heavy atom. The van der Waals surface area contributed by atoms with Crippen LogP contribution < -0.4 is 10.3 Å². The van der Waals surface area contributed by atoms with Gasteiger partial charge in [0.2, 0.25) is 0 Å². The monoisotopic (exact) mass is 630 g/mol. The molecule has 0 spiro atoms. The fourth-order valence-corrected chi connectivity index (χ4v) is 6.76. The van der Waals surface area contributed by atoms with Crippen LogP contribution in [0.25, 0.3) is 49.9 Å². The minimum absolute atomic E-state index is 0.364. The predicted molar refractivity (Wildman–Crippen MR) is 205 cm³/mol. The van der Waals surface area contributed by atoms with Gasteiger partial charge in [0.15, 0.2) is 0 Å². The first kappa shape index (κ1) is 28.5. The van der Waals surface area contributed by atoms with E-state index in [-0.39, 0.29) is 0 Å². The normalized spacial score (nSPS) is 13.3. The van der Waals surface area contributed by atoms with Crippen LogP contribution in [0, 0.1) is 5.41 Å². The molecule has 1 aliphatic carbocycles. The topological polar surface area (TPSA) is 64.6 Å². The third-order valence-corrected chi connectivity index (χ3v) is 9.12. The molecule has 0 radical (unpaired) electrons. The van der Waals surface area contributed by atoms with E-state index in [2.05, 4.69) is 113 Å². The van der Waals surface area contributed by atoms with Crippen molar-refractivity contribution in [2.75, 3.05) is 10.3 Å². The Hall–Kier alpha value is -6.72. The molecule has 0 aliphatic heterocycles. The van der Waals surface area contributed by atoms with Crippen LogP contribution in [0.2, 0.25) is 0 Å². The van der Waals surface area contributed by atoms with Gasteiger partial charge in [-0.05, 0) is 100 Å². The smallest absolute Gasteiger partial charge is 0.136 e. The molecule has 0 atom stereocenters. The minimum atomic E-state index is 0.364. The van der Waals surface area contributed by atoms with Crippen molar-refractivity contribution in [3.8, 4) is 11.1 Å². The van der Waals surface area contributed by atoms with Crippen LogP contribution in [0.15, 0.2) is 173 Å². The van der Waals surface area contributed by atoms with Crippen LogP contribution in [-0.4, -0.2) is 11.4 Å². The zero-order chi connectivity index (χ0) is 32.7. The first-order valence-corrected chi connectivity index (χ1v) is 16.3. The third kappa shape index (κ3) is 5.14. The average Bonchev–Trinajstić information content (AvgIpc) is 3.53. The molecule has 5 heteroatoms. The summed E-state index contributed by atoms with van der Waals surface area (Å²) < 4.78 is 6.23. The third-order valence-electron chi connectivity index (χ3n) is 9.12. The number of benzene rings is 7. The molecule has 0 bridgehead atoms. The van der Waals surface area contributed by atoms with Crippen molar-refractivity contribution in [2.45, 2.75) is 0 Å². The maximum Gasteiger partial charge on any atom is 0.136 e. The van der Waals surface area contributed by atoms with Gasteiger partial charge in [-0.25, -0.2) is 0 Å². The first-order chi connectivity index (χ1) is 24.2. The Balaban J connectivity index is 1.17. The standard InChI is InChI=1S/C44H30N4O/c45-40-25-22-30-19-18-29-20-23-36(28-39(29)43(30)44(40)47-46-33-11-3-1-4-12-33)48(34-13-5-2-6-14-34)35-15-9-10-31(26-35)32-21-24-38-37-16-7-8-17-41(37)49-42(38)27-32/h1-28,45-46H/b45-40?,47-44+. The number of fused-ring (bicyclic) bond motifs is 6. The lowest BCUT2D eigenvalue weighted by molar-refractivity contribution is 0.669. The van der Waals surface area contributed by atoms with E-state index in [1.54, 1.807) is 0 Å². The van der Waals surface area contributed by atoms with Gasteiger partial charge in [-0.1, -0.05) is 97.1 Å². The van der Waals surface area contributed by atoms with E-state index in [4.69, 9.17) is 14.9 Å². The molecule has 5 nitrogen and oxygen atoms in total. The number of rotatable bonds is 6. The van der Waals surface area contributed by atoms with Gasteiger partial charge in [-0.3, -0.25) is 10.8 Å². The molecule has 8 aromatic rings. The lowest BCUT2D eigenvalue weighted by atomic mass is 9.89. The number of hydrazone groups is 1. The zero-order valence-electron chi connectivity index (χ0n) is 26.5. The molecular formula is C44H30N4O. The summed E-state index contributed by atoms with van der Waals surface area (Å²) >= 11 is 0. The molecule has 0 fully saturated rings. The molecule has 7 aromatic carbocycles. The molecule has 0 unspecified atom stereocenters. The maximum absolute atomic E-state index is 8.84. The molecule has 0 saturated heterocycles. The maximum atomic E-state index is 8.84. The summed E-state index contributed by atoms with van der Waals surface area (Å²) in [6.45, 7) is 0. The van der Waals surface area contributed by atoms with Crippen molar-refractivity contribution in [1.29, 1.82) is 5.41 Å². The van der Waals surface area contributed by atoms with Gasteiger partial charge in [0, 0.05) is 33.4 Å². The van der Waals surface area contributed by atoms with E-state index in [1.165, 1.54) is 0 Å². The summed E-state index contributed by atoms with van der Waals surface area (Å²) in [6.07, 6.45) is 3.82. The highest BCUT2D eigenvalue weighted by Crippen LogP contribution is 2.40. The second-order valence-corrected chi connectivity index (χ2v) is 12.2. The highest BCUT2D eigenvalue weighted by atomic mass is 16.3. The highest BCUT2D eigenvalue weighted by molar-refractivity contribution is 6.55. The Morgan fingerprint density at radius 2 is 1.24 bits per heavy atom. The molecule has 2 N–H and O–H groups in total. The largest absolute Gasteiger partial charge is 0.456 e. The molecule has 9 rings (SSSR count). The van der Waals surface area contributed by atoms with Crippen LogP contribution in [0.4, 0.5) is 22.7 Å². The van der Waals surface area contributed by atoms with E-state index in [0.29, 0.717) is 11.4 Å². The van der Waals surface area contributed by atoms with E-state index in [9.17, 15) is 0 Å². The number of para-hydroxylation sites is 3. The number of hydrogen-bond donors (Lipinski definition) is 2. The molecule has 1 aromatic heterocycles. The van der Waals surface area contributed by atoms with E-state index < -0.39 is 0 Å². The predicted octanol–water partition coefficient (Wildman–Crippen LogP) is 11.7. The number of hydrogen-bond acceptors (Lipinski definition) is 5. The Bertz CT molecular complexity index is 2600. The second-order valence-electron chi connectivity index (χ2n) is 12.2. The molecular weight excluding hydrogens is 601 g/mol. The van der Waals surface area contributed by atoms with Gasteiger partial charge >= 0.3 is 0 Å². The Labute approximate surface area is 283 Å². The molecule has 1 heterocycles. The Kier molecular flexibility index (Phi) is 6.87. The first-order valence-electron chi connectivity index (χ1n) is 16.3. The van der Waals surface area contributed by atoms with E-state index >= 15 is 0 Å². The number of allylic oxidation sites excluding steroid dienone is 1. The minimum Gasteiger partial charge on any atom is -0.456 e. The summed E-state index contributed by atoms with van der Waals surface area (Å²) in [7, 11) is 0. The van der Waals surface area contributed by atoms with Crippen molar-refractivity contribution in [3.63, 3.8) is 0 Å². The van der Waals surface area contributed by atoms with Crippen LogP contribution in [0.5, 0.6) is 0 Å². The number of anilines is 4. The van der Waals surface area contributed by atoms with Crippen molar-refractivity contribution in [3.05, 3.63) is 175 Å². The zero-order valence-corrected chi connectivity index (χ0v) is 26.5. The van der Waals surface area contributed by atoms with Crippen molar-refractivity contribution in [2.24, 2.45) is 5.10 Å². The second kappa shape index (κ2) is 11.8. The van der Waals surface area contributed by atoms with Crippen molar-refractivity contribution >= 4 is 73.0 Å². The van der Waals surface area contributed by atoms with Crippen LogP contribution >= 0.6 is 0 Å². The molecule has 232 valence electrons. The molecule has 1 aliphatic rings. The van der Waals surface area contributed by atoms with Gasteiger partial charge in [0.25, 0.3) is 0 Å². The van der Waals surface area contributed by atoms with Gasteiger partial charge in [-0.2, -0.15) is 5.10 Å². The SMILES string of the molecule is N=C1C=Cc2ccc3ccc(N(c4ccccc4)c4cccc(-c5ccc6c(c5)oc5ccccc56)c4)cc3c2/C1=N/Nc1ccccc1. The number of furan rings is 1. The average molecular weight is 631 g/mol. The summed E-state index contributed by atoms with van der Waals surface area (Å²) in [5, 5.41) is 18.0. The van der Waals surface area contributed by atoms with E-state index in [0.717, 1.165) is 77.7 Å². The summed E-state index contributed by atoms with van der Waals surface area (Å²) in [5.41, 5.74) is 14.0. The Morgan fingerprint density at radius 3 is 2.12 bits per heavy atom. The summed E-state index contributed by atoms with van der Waals surface area (Å²) in [6, 6.07) is 54.3. The highest BCUT2D eigenvalue weighted by Gasteiger charge is 2.22. The molecule has 0 saturated carbocycles. The summed E-state index contributed by atoms with van der Waals surface area (Å²) in [4.78, 5) is 2.28. The fourth-order valence-electron chi connectivity index (χ4n) is 6.76. The van der Waals surface area contributed by atoms with Crippen LogP contribution in [-0.2, 0) is 0 Å². The number of nitrogens with one attached hydrogen (secondary N) is 2. The quantitative estimate of drug-likeness (QED) is 0.180. The van der Waals surface area contributed by atoms with Gasteiger partial charge < -0.3 is 9.32 Å². The van der Waals surface area contributed by atoms with E-state index in [1.807, 2.05) is 66.7 Å². The van der Waals surface area contributed by atoms with Crippen LogP contribution in [0.3, 0.4) is 0 Å². The van der Waals surface area contributed by atoms with Crippen molar-refractivity contribution < 1.29 is 4.42 Å². The number of nitrogens with zero attached hydrogens (tertiary/aromatic N) is 2. The lowest BCUT2D eigenvalue weighted by Gasteiger charge is -2.27. The molecule has 49 heavy (non-hydrogen) atoms. The van der Waals surface area contributed by atoms with Crippen molar-refractivity contribution in [1.82, 2.24) is 0 Å². The molecule has 0 amide bonds. The fraction of sp³-hybridized carbons (Fsp3) is 0. The van der Waals surface area contributed by atoms with Gasteiger partial charge in [-0.15, -0.1) is 0 Å². The lowest BCUT2D eigenvalue weighted by Crippen LogP contribution is -2.19.